The van der Waals surface area contributed by atoms with Crippen LogP contribution in [0.15, 0.2) is 103 Å². The van der Waals surface area contributed by atoms with Gasteiger partial charge in [0.1, 0.15) is 0 Å². The Hall–Kier alpha value is -4.23. The van der Waals surface area contributed by atoms with Gasteiger partial charge in [-0.05, 0) is 104 Å². The van der Waals surface area contributed by atoms with Crippen LogP contribution in [-0.4, -0.2) is 4.98 Å². The van der Waals surface area contributed by atoms with Crippen LogP contribution in [-0.2, 0) is 10.8 Å². The van der Waals surface area contributed by atoms with E-state index in [4.69, 9.17) is 4.98 Å². The zero-order valence-corrected chi connectivity index (χ0v) is 26.3. The summed E-state index contributed by atoms with van der Waals surface area (Å²) < 4.78 is 0. The highest BCUT2D eigenvalue weighted by molar-refractivity contribution is 5.91. The van der Waals surface area contributed by atoms with E-state index in [0.717, 1.165) is 11.4 Å². The summed E-state index contributed by atoms with van der Waals surface area (Å²) in [6, 6.07) is 38.2. The molecule has 0 aliphatic carbocycles. The lowest BCUT2D eigenvalue weighted by Gasteiger charge is -2.26. The van der Waals surface area contributed by atoms with E-state index in [2.05, 4.69) is 159 Å². The zero-order valence-electron chi connectivity index (χ0n) is 26.3. The molecule has 0 N–H and O–H groups in total. The van der Waals surface area contributed by atoms with Crippen molar-refractivity contribution in [1.29, 1.82) is 0 Å². The van der Waals surface area contributed by atoms with Gasteiger partial charge in [-0.2, -0.15) is 0 Å². The highest BCUT2D eigenvalue weighted by atomic mass is 14.7. The fourth-order valence-corrected chi connectivity index (χ4v) is 5.89. The van der Waals surface area contributed by atoms with Gasteiger partial charge in [0.05, 0.1) is 11.4 Å². The Morgan fingerprint density at radius 2 is 0.786 bits per heavy atom. The minimum absolute atomic E-state index is 0.0402. The second-order valence-corrected chi connectivity index (χ2v) is 14.0. The third-order valence-corrected chi connectivity index (χ3v) is 8.56. The molecule has 0 saturated carbocycles. The van der Waals surface area contributed by atoms with Crippen molar-refractivity contribution in [3.05, 3.63) is 125 Å². The van der Waals surface area contributed by atoms with E-state index in [1.54, 1.807) is 0 Å². The number of hydrogen-bond acceptors (Lipinski definition) is 1. The zero-order chi connectivity index (χ0) is 29.8. The van der Waals surface area contributed by atoms with Crippen LogP contribution in [0.2, 0.25) is 0 Å². The van der Waals surface area contributed by atoms with Gasteiger partial charge in [0, 0.05) is 11.1 Å². The van der Waals surface area contributed by atoms with Crippen LogP contribution >= 0.6 is 0 Å². The molecule has 6 rings (SSSR count). The molecule has 0 radical (unpaired) electrons. The molecule has 210 valence electrons. The second kappa shape index (κ2) is 10.2. The van der Waals surface area contributed by atoms with Gasteiger partial charge in [-0.15, -0.1) is 0 Å². The Morgan fingerprint density at radius 3 is 1.17 bits per heavy atom. The monoisotopic (exact) mass is 547 g/mol. The molecule has 1 heteroatoms. The Morgan fingerprint density at radius 1 is 0.429 bits per heavy atom. The van der Waals surface area contributed by atoms with Gasteiger partial charge in [-0.1, -0.05) is 120 Å². The van der Waals surface area contributed by atoms with E-state index >= 15 is 0 Å². The number of aryl methyl sites for hydroxylation is 2. The molecule has 0 bridgehead atoms. The average molecular weight is 548 g/mol. The van der Waals surface area contributed by atoms with Gasteiger partial charge < -0.3 is 0 Å². The Kier molecular flexibility index (Phi) is 6.81. The topological polar surface area (TPSA) is 12.9 Å². The highest BCUT2D eigenvalue weighted by Crippen LogP contribution is 2.38. The van der Waals surface area contributed by atoms with Crippen molar-refractivity contribution in [3.63, 3.8) is 0 Å². The number of fused-ring (bicyclic) bond motifs is 2. The first-order valence-electron chi connectivity index (χ1n) is 15.0. The lowest BCUT2D eigenvalue weighted by atomic mass is 9.79. The Labute approximate surface area is 251 Å². The van der Waals surface area contributed by atoms with Gasteiger partial charge >= 0.3 is 0 Å². The van der Waals surface area contributed by atoms with Crippen LogP contribution in [0, 0.1) is 13.8 Å². The predicted octanol–water partition coefficient (Wildman–Crippen LogP) is 11.6. The summed E-state index contributed by atoms with van der Waals surface area (Å²) in [4.78, 5) is 5.38. The van der Waals surface area contributed by atoms with Crippen LogP contribution in [0.4, 0.5) is 0 Å². The van der Waals surface area contributed by atoms with Gasteiger partial charge in [0.25, 0.3) is 0 Å². The van der Waals surface area contributed by atoms with Crippen molar-refractivity contribution in [2.24, 2.45) is 0 Å². The van der Waals surface area contributed by atoms with Gasteiger partial charge in [-0.3, -0.25) is 0 Å². The Balaban J connectivity index is 1.65. The van der Waals surface area contributed by atoms with E-state index in [1.165, 1.54) is 66.1 Å². The fourth-order valence-electron chi connectivity index (χ4n) is 5.89. The molecule has 6 aromatic rings. The molecule has 0 aliphatic heterocycles. The standard InChI is InChI=1S/C41H41N/c1-26-17-28-13-9-11-15-30(28)21-36(26)38-23-33(32-19-34(40(3,4)5)25-35(20-32)41(6,7)8)24-39(42-38)37-22-31-16-12-10-14-29(31)18-27(37)2/h9-25H,1-8H3. The highest BCUT2D eigenvalue weighted by Gasteiger charge is 2.22. The molecule has 5 aromatic carbocycles. The van der Waals surface area contributed by atoms with Crippen molar-refractivity contribution in [2.45, 2.75) is 66.2 Å². The number of pyridine rings is 1. The summed E-state index contributed by atoms with van der Waals surface area (Å²) in [5.41, 5.74) is 12.1. The Bertz CT molecular complexity index is 1830. The number of benzene rings is 5. The van der Waals surface area contributed by atoms with E-state index in [0.29, 0.717) is 0 Å². The van der Waals surface area contributed by atoms with Gasteiger partial charge in [-0.25, -0.2) is 4.98 Å². The molecule has 0 aliphatic rings. The van der Waals surface area contributed by atoms with Crippen LogP contribution in [0.1, 0.15) is 63.8 Å². The van der Waals surface area contributed by atoms with Crippen LogP contribution in [0.25, 0.3) is 55.2 Å². The molecule has 1 heterocycles. The third kappa shape index (κ3) is 5.37. The van der Waals surface area contributed by atoms with E-state index in [9.17, 15) is 0 Å². The molecule has 0 atom stereocenters. The van der Waals surface area contributed by atoms with Crippen molar-refractivity contribution in [2.75, 3.05) is 0 Å². The van der Waals surface area contributed by atoms with E-state index < -0.39 is 0 Å². The molecule has 0 amide bonds. The molecular weight excluding hydrogens is 506 g/mol. The predicted molar refractivity (Wildman–Crippen MR) is 182 cm³/mol. The summed E-state index contributed by atoms with van der Waals surface area (Å²) in [6.45, 7) is 18.2. The maximum atomic E-state index is 5.38. The summed E-state index contributed by atoms with van der Waals surface area (Å²) in [7, 11) is 0. The van der Waals surface area contributed by atoms with Crippen LogP contribution in [0.5, 0.6) is 0 Å². The number of hydrogen-bond donors (Lipinski definition) is 0. The number of nitrogens with zero attached hydrogens (tertiary/aromatic N) is 1. The molecule has 1 nitrogen and oxygen atoms in total. The van der Waals surface area contributed by atoms with Crippen molar-refractivity contribution in [3.8, 4) is 33.6 Å². The molecule has 1 aromatic heterocycles. The maximum Gasteiger partial charge on any atom is 0.0718 e. The fraction of sp³-hybridized carbons (Fsp3) is 0.244. The van der Waals surface area contributed by atoms with Gasteiger partial charge in [0.2, 0.25) is 0 Å². The molecule has 42 heavy (non-hydrogen) atoms. The molecule has 0 spiro atoms. The number of rotatable bonds is 3. The smallest absolute Gasteiger partial charge is 0.0718 e. The van der Waals surface area contributed by atoms with E-state index in [-0.39, 0.29) is 10.8 Å². The maximum absolute atomic E-state index is 5.38. The summed E-state index contributed by atoms with van der Waals surface area (Å²) in [5.74, 6) is 0. The van der Waals surface area contributed by atoms with Crippen molar-refractivity contribution >= 4 is 21.5 Å². The third-order valence-electron chi connectivity index (χ3n) is 8.56. The quantitative estimate of drug-likeness (QED) is 0.215. The first kappa shape index (κ1) is 27.9. The largest absolute Gasteiger partial charge is 0.248 e. The van der Waals surface area contributed by atoms with E-state index in [1.807, 2.05) is 0 Å². The van der Waals surface area contributed by atoms with Crippen LogP contribution in [0.3, 0.4) is 0 Å². The minimum Gasteiger partial charge on any atom is -0.248 e. The molecule has 0 unspecified atom stereocenters. The average Bonchev–Trinajstić information content (AvgIpc) is 2.95. The minimum atomic E-state index is 0.0402. The summed E-state index contributed by atoms with van der Waals surface area (Å²) in [5, 5.41) is 4.98. The first-order valence-corrected chi connectivity index (χ1v) is 15.0. The first-order chi connectivity index (χ1) is 19.9. The van der Waals surface area contributed by atoms with Gasteiger partial charge in [0.15, 0.2) is 0 Å². The number of aromatic nitrogens is 1. The second-order valence-electron chi connectivity index (χ2n) is 14.0. The SMILES string of the molecule is Cc1cc2ccccc2cc1-c1cc(-c2cc(C(C)(C)C)cc(C(C)(C)C)c2)cc(-c2cc3ccccc3cc2C)n1. The summed E-state index contributed by atoms with van der Waals surface area (Å²) in [6.07, 6.45) is 0. The molecule has 0 saturated heterocycles. The normalized spacial score (nSPS) is 12.3. The lowest BCUT2D eigenvalue weighted by Crippen LogP contribution is -2.16. The molecule has 0 fully saturated rings. The van der Waals surface area contributed by atoms with Crippen molar-refractivity contribution in [1.82, 2.24) is 4.98 Å². The molecular formula is C41H41N. The van der Waals surface area contributed by atoms with Crippen molar-refractivity contribution < 1.29 is 0 Å². The lowest BCUT2D eigenvalue weighted by molar-refractivity contribution is 0.569. The van der Waals surface area contributed by atoms with Crippen LogP contribution < -0.4 is 0 Å². The summed E-state index contributed by atoms with van der Waals surface area (Å²) >= 11 is 0.